The van der Waals surface area contributed by atoms with Gasteiger partial charge >= 0.3 is 0 Å². The molecule has 1 fully saturated rings. The summed E-state index contributed by atoms with van der Waals surface area (Å²) >= 11 is 0. The lowest BCUT2D eigenvalue weighted by Gasteiger charge is -2.08. The van der Waals surface area contributed by atoms with Crippen LogP contribution in [0, 0.1) is 0 Å². The lowest BCUT2D eigenvalue weighted by molar-refractivity contribution is 0.0950. The van der Waals surface area contributed by atoms with Gasteiger partial charge in [0.25, 0.3) is 0 Å². The molecule has 3 heteroatoms. The third-order valence-corrected chi connectivity index (χ3v) is 3.85. The molecule has 1 aliphatic rings. The number of nitrogens with zero attached hydrogens (tertiary/aromatic N) is 1. The van der Waals surface area contributed by atoms with Crippen LogP contribution in [-0.2, 0) is 4.74 Å². The highest BCUT2D eigenvalue weighted by Gasteiger charge is 2.23. The number of hydrogen-bond acceptors (Lipinski definition) is 3. The summed E-state index contributed by atoms with van der Waals surface area (Å²) in [7, 11) is 0. The highest BCUT2D eigenvalue weighted by molar-refractivity contribution is 5.77. The lowest BCUT2D eigenvalue weighted by atomic mass is 9.99. The number of fused-ring (bicyclic) bond motifs is 1. The molecule has 0 saturated carbocycles. The van der Waals surface area contributed by atoms with Gasteiger partial charge < -0.3 is 9.15 Å². The van der Waals surface area contributed by atoms with Gasteiger partial charge in [-0.25, -0.2) is 0 Å². The molecule has 2 aromatic heterocycles. The minimum atomic E-state index is 0.129. The molecule has 2 aromatic rings. The maximum atomic E-state index is 6.02. The molecule has 3 heterocycles. The third-order valence-electron chi connectivity index (χ3n) is 3.85. The van der Waals surface area contributed by atoms with Crippen LogP contribution in [0.15, 0.2) is 22.7 Å². The Morgan fingerprint density at radius 3 is 3.11 bits per heavy atom. The van der Waals surface area contributed by atoms with E-state index in [1.807, 2.05) is 12.3 Å². The predicted molar refractivity (Wildman–Crippen MR) is 70.6 cm³/mol. The van der Waals surface area contributed by atoms with Crippen LogP contribution in [0.1, 0.15) is 56.5 Å². The van der Waals surface area contributed by atoms with E-state index in [-0.39, 0.29) is 6.10 Å². The molecular formula is C15H19NO2. The van der Waals surface area contributed by atoms with Gasteiger partial charge in [-0.3, -0.25) is 4.98 Å². The van der Waals surface area contributed by atoms with E-state index in [1.165, 1.54) is 5.56 Å². The second-order valence-electron chi connectivity index (χ2n) is 5.07. The molecule has 0 radical (unpaired) electrons. The van der Waals surface area contributed by atoms with E-state index in [2.05, 4.69) is 24.9 Å². The number of rotatable bonds is 3. The van der Waals surface area contributed by atoms with Gasteiger partial charge in [0.1, 0.15) is 17.4 Å². The van der Waals surface area contributed by atoms with Crippen molar-refractivity contribution in [1.82, 2.24) is 4.98 Å². The van der Waals surface area contributed by atoms with Crippen LogP contribution in [0.2, 0.25) is 0 Å². The maximum Gasteiger partial charge on any atom is 0.156 e. The van der Waals surface area contributed by atoms with Gasteiger partial charge in [0.2, 0.25) is 0 Å². The van der Waals surface area contributed by atoms with E-state index in [0.717, 1.165) is 42.7 Å². The normalized spacial score (nSPS) is 21.6. The fraction of sp³-hybridized carbons (Fsp3) is 0.533. The van der Waals surface area contributed by atoms with Gasteiger partial charge in [-0.05, 0) is 31.2 Å². The monoisotopic (exact) mass is 245 g/mol. The topological polar surface area (TPSA) is 35.3 Å². The predicted octanol–water partition coefficient (Wildman–Crippen LogP) is 4.19. The first-order valence-corrected chi connectivity index (χ1v) is 6.79. The Hall–Kier alpha value is -1.35. The molecule has 96 valence electrons. The van der Waals surface area contributed by atoms with E-state index in [9.17, 15) is 0 Å². The Kier molecular flexibility index (Phi) is 3.08. The second-order valence-corrected chi connectivity index (χ2v) is 5.07. The van der Waals surface area contributed by atoms with Crippen LogP contribution in [0.3, 0.4) is 0 Å². The van der Waals surface area contributed by atoms with Gasteiger partial charge in [-0.2, -0.15) is 0 Å². The number of pyridine rings is 1. The first-order valence-electron chi connectivity index (χ1n) is 6.79. The van der Waals surface area contributed by atoms with Crippen LogP contribution in [0.25, 0.3) is 11.1 Å². The lowest BCUT2D eigenvalue weighted by Crippen LogP contribution is -1.93. The van der Waals surface area contributed by atoms with Crippen LogP contribution in [-0.4, -0.2) is 11.6 Å². The summed E-state index contributed by atoms with van der Waals surface area (Å²) in [5, 5.41) is 0. The van der Waals surface area contributed by atoms with Crippen molar-refractivity contribution in [3.05, 3.63) is 29.7 Å². The van der Waals surface area contributed by atoms with Crippen LogP contribution in [0.4, 0.5) is 0 Å². The second kappa shape index (κ2) is 4.73. The fourth-order valence-corrected chi connectivity index (χ4v) is 2.54. The summed E-state index contributed by atoms with van der Waals surface area (Å²) in [5.41, 5.74) is 3.15. The average molecular weight is 245 g/mol. The minimum absolute atomic E-state index is 0.129. The Balaban J connectivity index is 2.05. The van der Waals surface area contributed by atoms with E-state index in [1.54, 1.807) is 0 Å². The zero-order chi connectivity index (χ0) is 12.5. The van der Waals surface area contributed by atoms with Crippen molar-refractivity contribution in [2.24, 2.45) is 0 Å². The Labute approximate surface area is 107 Å². The molecule has 2 unspecified atom stereocenters. The van der Waals surface area contributed by atoms with Crippen LogP contribution >= 0.6 is 0 Å². The fourth-order valence-electron chi connectivity index (χ4n) is 2.54. The van der Waals surface area contributed by atoms with Gasteiger partial charge in [0.15, 0.2) is 5.58 Å². The molecule has 0 N–H and O–H groups in total. The quantitative estimate of drug-likeness (QED) is 0.813. The SMILES string of the molecule is CCC(C)c1ccnc2cc(C3CCCO3)oc12. The highest BCUT2D eigenvalue weighted by Crippen LogP contribution is 2.35. The number of aromatic nitrogens is 1. The maximum absolute atomic E-state index is 6.02. The van der Waals surface area contributed by atoms with E-state index < -0.39 is 0 Å². The molecule has 2 atom stereocenters. The Morgan fingerprint density at radius 2 is 2.39 bits per heavy atom. The summed E-state index contributed by atoms with van der Waals surface area (Å²) in [6.45, 7) is 5.26. The van der Waals surface area contributed by atoms with Crippen molar-refractivity contribution in [2.75, 3.05) is 6.61 Å². The summed E-state index contributed by atoms with van der Waals surface area (Å²) in [6, 6.07) is 4.11. The van der Waals surface area contributed by atoms with Crippen LogP contribution in [0.5, 0.6) is 0 Å². The van der Waals surface area contributed by atoms with Gasteiger partial charge in [-0.1, -0.05) is 13.8 Å². The molecule has 0 bridgehead atoms. The van der Waals surface area contributed by atoms with E-state index in [0.29, 0.717) is 5.92 Å². The Morgan fingerprint density at radius 1 is 1.50 bits per heavy atom. The third kappa shape index (κ3) is 1.93. The standard InChI is InChI=1S/C15H19NO2/c1-3-10(2)11-6-7-16-12-9-14(18-15(11)12)13-5-4-8-17-13/h6-7,9-10,13H,3-5,8H2,1-2H3. The average Bonchev–Trinajstić information content (AvgIpc) is 3.04. The first-order chi connectivity index (χ1) is 8.79. The van der Waals surface area contributed by atoms with E-state index in [4.69, 9.17) is 9.15 Å². The molecule has 3 nitrogen and oxygen atoms in total. The molecule has 0 spiro atoms. The number of furan rings is 1. The zero-order valence-corrected chi connectivity index (χ0v) is 11.0. The molecule has 18 heavy (non-hydrogen) atoms. The van der Waals surface area contributed by atoms with Crippen molar-refractivity contribution >= 4 is 11.1 Å². The summed E-state index contributed by atoms with van der Waals surface area (Å²) in [4.78, 5) is 4.40. The largest absolute Gasteiger partial charge is 0.456 e. The van der Waals surface area contributed by atoms with Crippen molar-refractivity contribution in [3.63, 3.8) is 0 Å². The molecule has 0 amide bonds. The van der Waals surface area contributed by atoms with Gasteiger partial charge in [-0.15, -0.1) is 0 Å². The Bertz CT molecular complexity index is 540. The first kappa shape index (κ1) is 11.7. The summed E-state index contributed by atoms with van der Waals surface area (Å²) in [6.07, 6.45) is 5.28. The highest BCUT2D eigenvalue weighted by atomic mass is 16.5. The minimum Gasteiger partial charge on any atom is -0.456 e. The smallest absolute Gasteiger partial charge is 0.156 e. The summed E-state index contributed by atoms with van der Waals surface area (Å²) in [5.74, 6) is 1.43. The summed E-state index contributed by atoms with van der Waals surface area (Å²) < 4.78 is 11.7. The van der Waals surface area contributed by atoms with Crippen molar-refractivity contribution in [3.8, 4) is 0 Å². The molecule has 1 aliphatic heterocycles. The van der Waals surface area contributed by atoms with Gasteiger partial charge in [0.05, 0.1) is 0 Å². The van der Waals surface area contributed by atoms with Crippen LogP contribution < -0.4 is 0 Å². The number of ether oxygens (including phenoxy) is 1. The molecule has 0 aromatic carbocycles. The van der Waals surface area contributed by atoms with Crippen molar-refractivity contribution < 1.29 is 9.15 Å². The molecule has 0 aliphatic carbocycles. The zero-order valence-electron chi connectivity index (χ0n) is 11.0. The number of hydrogen-bond donors (Lipinski definition) is 0. The van der Waals surface area contributed by atoms with Crippen molar-refractivity contribution in [2.45, 2.75) is 45.1 Å². The van der Waals surface area contributed by atoms with E-state index >= 15 is 0 Å². The molecule has 1 saturated heterocycles. The van der Waals surface area contributed by atoms with Gasteiger partial charge in [0, 0.05) is 24.4 Å². The van der Waals surface area contributed by atoms with Crippen molar-refractivity contribution in [1.29, 1.82) is 0 Å². The molecule has 3 rings (SSSR count). The molecular weight excluding hydrogens is 226 g/mol.